The quantitative estimate of drug-likeness (QED) is 0.701. The van der Waals surface area contributed by atoms with E-state index in [0.717, 1.165) is 4.47 Å². The molecule has 0 amide bonds. The lowest BCUT2D eigenvalue weighted by molar-refractivity contribution is 0.601. The number of nitrogens with two attached hydrogens (primary N) is 1. The second-order valence-corrected chi connectivity index (χ2v) is 7.80. The average Bonchev–Trinajstić information content (AvgIpc) is 2.35. The first-order valence-corrected chi connectivity index (χ1v) is 8.77. The van der Waals surface area contributed by atoms with Gasteiger partial charge in [0.25, 0.3) is 10.0 Å². The van der Waals surface area contributed by atoms with Crippen molar-refractivity contribution in [2.75, 3.05) is 10.5 Å². The van der Waals surface area contributed by atoms with Crippen LogP contribution in [0.25, 0.3) is 0 Å². The molecule has 0 bridgehead atoms. The van der Waals surface area contributed by atoms with E-state index in [-0.39, 0.29) is 21.3 Å². The van der Waals surface area contributed by atoms with E-state index in [4.69, 9.17) is 17.3 Å². The Balaban J connectivity index is 2.43. The molecule has 0 saturated carbocycles. The van der Waals surface area contributed by atoms with Crippen molar-refractivity contribution in [3.8, 4) is 0 Å². The van der Waals surface area contributed by atoms with Gasteiger partial charge in [-0.25, -0.2) is 8.42 Å². The molecule has 8 heteroatoms. The van der Waals surface area contributed by atoms with Crippen LogP contribution >= 0.6 is 43.5 Å². The fourth-order valence-corrected chi connectivity index (χ4v) is 4.04. The van der Waals surface area contributed by atoms with Crippen molar-refractivity contribution in [3.63, 3.8) is 0 Å². The zero-order chi connectivity index (χ0) is 14.9. The summed E-state index contributed by atoms with van der Waals surface area (Å²) in [5.41, 5.74) is 6.16. The Kier molecular flexibility index (Phi) is 4.63. The Morgan fingerprint density at radius 3 is 2.30 bits per heavy atom. The number of hydrogen-bond donors (Lipinski definition) is 2. The zero-order valence-electron chi connectivity index (χ0n) is 9.90. The van der Waals surface area contributed by atoms with Gasteiger partial charge in [0.05, 0.1) is 16.4 Å². The number of sulfonamides is 1. The molecular weight excluding hydrogens is 431 g/mol. The molecule has 2 aromatic rings. The van der Waals surface area contributed by atoms with Crippen LogP contribution in [0.3, 0.4) is 0 Å². The lowest BCUT2D eigenvalue weighted by Gasteiger charge is -2.12. The summed E-state index contributed by atoms with van der Waals surface area (Å²) in [6, 6.07) is 9.48. The standard InChI is InChI=1S/C12H9Br2ClN2O2S/c13-7-2-4-11(9(15)5-7)17-20(18,19)12-6-8(14)1-3-10(12)16/h1-6,17H,16H2. The summed E-state index contributed by atoms with van der Waals surface area (Å²) in [5, 5.41) is 0.288. The minimum absolute atomic E-state index is 0.00846. The lowest BCUT2D eigenvalue weighted by atomic mass is 10.3. The predicted octanol–water partition coefficient (Wildman–Crippen LogP) is 4.25. The minimum Gasteiger partial charge on any atom is -0.398 e. The molecular formula is C12H9Br2ClN2O2S. The fraction of sp³-hybridized carbons (Fsp3) is 0. The Morgan fingerprint density at radius 1 is 1.05 bits per heavy atom. The topological polar surface area (TPSA) is 72.2 Å². The van der Waals surface area contributed by atoms with Crippen LogP contribution < -0.4 is 10.5 Å². The van der Waals surface area contributed by atoms with Crippen molar-refractivity contribution < 1.29 is 8.42 Å². The van der Waals surface area contributed by atoms with E-state index in [2.05, 4.69) is 36.6 Å². The second kappa shape index (κ2) is 5.93. The smallest absolute Gasteiger partial charge is 0.264 e. The third-order valence-corrected chi connectivity index (χ3v) is 5.16. The Morgan fingerprint density at radius 2 is 1.65 bits per heavy atom. The Bertz CT molecular complexity index is 766. The summed E-state index contributed by atoms with van der Waals surface area (Å²) < 4.78 is 28.5. The lowest BCUT2D eigenvalue weighted by Crippen LogP contribution is -2.15. The molecule has 106 valence electrons. The molecule has 0 heterocycles. The highest BCUT2D eigenvalue weighted by Gasteiger charge is 2.19. The number of nitrogen functional groups attached to an aromatic ring is 1. The summed E-state index contributed by atoms with van der Waals surface area (Å²) in [4.78, 5) is -0.00846. The maximum absolute atomic E-state index is 12.3. The number of halogens is 3. The molecule has 0 unspecified atom stereocenters. The van der Waals surface area contributed by atoms with Crippen LogP contribution in [0.15, 0.2) is 50.2 Å². The maximum atomic E-state index is 12.3. The molecule has 0 fully saturated rings. The van der Waals surface area contributed by atoms with E-state index < -0.39 is 10.0 Å². The highest BCUT2D eigenvalue weighted by Crippen LogP contribution is 2.30. The van der Waals surface area contributed by atoms with Crippen molar-refractivity contribution in [2.45, 2.75) is 4.90 Å². The summed E-state index contributed by atoms with van der Waals surface area (Å²) in [5.74, 6) is 0. The molecule has 20 heavy (non-hydrogen) atoms. The normalized spacial score (nSPS) is 11.3. The van der Waals surface area contributed by atoms with E-state index in [9.17, 15) is 8.42 Å². The second-order valence-electron chi connectivity index (χ2n) is 3.91. The number of benzene rings is 2. The van der Waals surface area contributed by atoms with Gasteiger partial charge in [-0.05, 0) is 36.4 Å². The van der Waals surface area contributed by atoms with Crippen LogP contribution in [0.5, 0.6) is 0 Å². The number of anilines is 2. The van der Waals surface area contributed by atoms with Gasteiger partial charge in [0.15, 0.2) is 0 Å². The van der Waals surface area contributed by atoms with Gasteiger partial charge in [-0.3, -0.25) is 4.72 Å². The number of hydrogen-bond acceptors (Lipinski definition) is 3. The average molecular weight is 441 g/mol. The van der Waals surface area contributed by atoms with Gasteiger partial charge < -0.3 is 5.73 Å². The zero-order valence-corrected chi connectivity index (χ0v) is 14.6. The van der Waals surface area contributed by atoms with Crippen LogP contribution in [0.1, 0.15) is 0 Å². The minimum atomic E-state index is -3.81. The van der Waals surface area contributed by atoms with Gasteiger partial charge in [0.2, 0.25) is 0 Å². The molecule has 0 spiro atoms. The molecule has 0 aliphatic rings. The first-order valence-electron chi connectivity index (χ1n) is 5.32. The van der Waals surface area contributed by atoms with E-state index in [1.54, 1.807) is 24.3 Å². The van der Waals surface area contributed by atoms with Crippen LogP contribution in [0.2, 0.25) is 5.02 Å². The molecule has 3 N–H and O–H groups in total. The highest BCUT2D eigenvalue weighted by molar-refractivity contribution is 9.10. The van der Waals surface area contributed by atoms with Gasteiger partial charge in [0, 0.05) is 8.95 Å². The summed E-state index contributed by atoms with van der Waals surface area (Å²) in [7, 11) is -3.81. The third-order valence-electron chi connectivity index (χ3n) is 2.44. The summed E-state index contributed by atoms with van der Waals surface area (Å²) in [6.45, 7) is 0. The first kappa shape index (κ1) is 15.6. The fourth-order valence-electron chi connectivity index (χ4n) is 1.51. The van der Waals surface area contributed by atoms with Crippen LogP contribution in [0.4, 0.5) is 11.4 Å². The van der Waals surface area contributed by atoms with E-state index in [1.165, 1.54) is 12.1 Å². The van der Waals surface area contributed by atoms with E-state index >= 15 is 0 Å². The van der Waals surface area contributed by atoms with Gasteiger partial charge in [-0.15, -0.1) is 0 Å². The van der Waals surface area contributed by atoms with Gasteiger partial charge in [0.1, 0.15) is 4.90 Å². The predicted molar refractivity (Wildman–Crippen MR) is 88.5 cm³/mol. The molecule has 0 aromatic heterocycles. The summed E-state index contributed by atoms with van der Waals surface area (Å²) >= 11 is 12.5. The maximum Gasteiger partial charge on any atom is 0.264 e. The van der Waals surface area contributed by atoms with Crippen LogP contribution in [-0.4, -0.2) is 8.42 Å². The Labute approximate surface area is 138 Å². The molecule has 2 aromatic carbocycles. The molecule has 0 atom stereocenters. The van der Waals surface area contributed by atoms with Crippen LogP contribution in [0, 0.1) is 0 Å². The van der Waals surface area contributed by atoms with Crippen molar-refractivity contribution in [1.29, 1.82) is 0 Å². The Hall–Kier alpha value is -0.760. The number of nitrogens with one attached hydrogen (secondary N) is 1. The van der Waals surface area contributed by atoms with Crippen molar-refractivity contribution in [2.24, 2.45) is 0 Å². The molecule has 2 rings (SSSR count). The first-order chi connectivity index (χ1) is 9.29. The third kappa shape index (κ3) is 3.46. The van der Waals surface area contributed by atoms with Crippen molar-refractivity contribution in [1.82, 2.24) is 0 Å². The van der Waals surface area contributed by atoms with E-state index in [0.29, 0.717) is 4.47 Å². The molecule has 4 nitrogen and oxygen atoms in total. The van der Waals surface area contributed by atoms with E-state index in [1.807, 2.05) is 0 Å². The highest BCUT2D eigenvalue weighted by atomic mass is 79.9. The molecule has 0 aliphatic heterocycles. The number of rotatable bonds is 3. The van der Waals surface area contributed by atoms with Gasteiger partial charge in [-0.1, -0.05) is 43.5 Å². The SMILES string of the molecule is Nc1ccc(Br)cc1S(=O)(=O)Nc1ccc(Br)cc1Cl. The van der Waals surface area contributed by atoms with Gasteiger partial charge >= 0.3 is 0 Å². The van der Waals surface area contributed by atoms with Gasteiger partial charge in [-0.2, -0.15) is 0 Å². The van der Waals surface area contributed by atoms with Crippen LogP contribution in [-0.2, 0) is 10.0 Å². The largest absolute Gasteiger partial charge is 0.398 e. The summed E-state index contributed by atoms with van der Waals surface area (Å²) in [6.07, 6.45) is 0. The van der Waals surface area contributed by atoms with Crippen molar-refractivity contribution >= 4 is 64.9 Å². The monoisotopic (exact) mass is 438 g/mol. The van der Waals surface area contributed by atoms with Crippen molar-refractivity contribution in [3.05, 3.63) is 50.4 Å². The molecule has 0 saturated heterocycles. The molecule has 0 radical (unpaired) electrons. The molecule has 0 aliphatic carbocycles.